The average Bonchev–Trinajstić information content (AvgIpc) is 2.77. The number of esters is 1. The van der Waals surface area contributed by atoms with Crippen LogP contribution in [-0.4, -0.2) is 31.7 Å². The van der Waals surface area contributed by atoms with E-state index in [1.54, 1.807) is 6.20 Å². The van der Waals surface area contributed by atoms with E-state index in [0.717, 1.165) is 18.1 Å². The highest BCUT2D eigenvalue weighted by Crippen LogP contribution is 2.22. The molecule has 0 radical (unpaired) electrons. The summed E-state index contributed by atoms with van der Waals surface area (Å²) in [6, 6.07) is 0. The topological polar surface area (TPSA) is 42.4 Å². The van der Waals surface area contributed by atoms with E-state index in [2.05, 4.69) is 28.5 Å². The van der Waals surface area contributed by atoms with Gasteiger partial charge in [-0.1, -0.05) is 31.6 Å². The van der Waals surface area contributed by atoms with Crippen LogP contribution in [-0.2, 0) is 4.74 Å². The summed E-state index contributed by atoms with van der Waals surface area (Å²) in [6.45, 7) is 5.32. The molecule has 1 atom stereocenters. The van der Waals surface area contributed by atoms with Gasteiger partial charge in [0.2, 0.25) is 0 Å². The fourth-order valence-electron chi connectivity index (χ4n) is 1.31. The van der Waals surface area contributed by atoms with Crippen molar-refractivity contribution in [3.05, 3.63) is 11.1 Å². The van der Waals surface area contributed by atoms with Gasteiger partial charge in [-0.25, -0.2) is 9.78 Å². The molecule has 0 bridgehead atoms. The van der Waals surface area contributed by atoms with Crippen LogP contribution < -0.4 is 4.90 Å². The van der Waals surface area contributed by atoms with Gasteiger partial charge in [0.15, 0.2) is 5.13 Å². The lowest BCUT2D eigenvalue weighted by Crippen LogP contribution is -2.23. The second-order valence-corrected chi connectivity index (χ2v) is 4.90. The second-order valence-electron chi connectivity index (χ2n) is 3.89. The minimum atomic E-state index is -0.319. The first kappa shape index (κ1) is 13.0. The summed E-state index contributed by atoms with van der Waals surface area (Å²) in [6.07, 6.45) is 2.71. The number of anilines is 1. The van der Waals surface area contributed by atoms with Crippen LogP contribution >= 0.6 is 11.3 Å². The van der Waals surface area contributed by atoms with Crippen LogP contribution in [0.3, 0.4) is 0 Å². The molecule has 0 aliphatic carbocycles. The summed E-state index contributed by atoms with van der Waals surface area (Å²) < 4.78 is 4.64. The van der Waals surface area contributed by atoms with E-state index in [1.807, 2.05) is 7.05 Å². The number of carbonyl (C=O) groups is 1. The minimum Gasteiger partial charge on any atom is -0.465 e. The Bertz CT molecular complexity index is 352. The van der Waals surface area contributed by atoms with Gasteiger partial charge in [0.25, 0.3) is 0 Å². The van der Waals surface area contributed by atoms with E-state index >= 15 is 0 Å². The van der Waals surface area contributed by atoms with Crippen LogP contribution in [0, 0.1) is 5.92 Å². The third-order valence-corrected chi connectivity index (χ3v) is 3.58. The van der Waals surface area contributed by atoms with E-state index in [-0.39, 0.29) is 5.97 Å². The van der Waals surface area contributed by atoms with Gasteiger partial charge in [-0.2, -0.15) is 0 Å². The standard InChI is InChI=1S/C11H18N2O2S/c1-5-8(2)7-13(3)11-12-6-9(16-11)10(14)15-4/h6,8H,5,7H2,1-4H3. The average molecular weight is 242 g/mol. The normalized spacial score (nSPS) is 12.2. The lowest BCUT2D eigenvalue weighted by Gasteiger charge is -2.19. The number of hydrogen-bond donors (Lipinski definition) is 0. The van der Waals surface area contributed by atoms with Crippen molar-refractivity contribution in [3.63, 3.8) is 0 Å². The van der Waals surface area contributed by atoms with Crippen LogP contribution in [0.1, 0.15) is 29.9 Å². The largest absolute Gasteiger partial charge is 0.465 e. The minimum absolute atomic E-state index is 0.319. The van der Waals surface area contributed by atoms with Gasteiger partial charge >= 0.3 is 5.97 Å². The molecule has 1 aromatic rings. The first-order chi connectivity index (χ1) is 7.58. The summed E-state index contributed by atoms with van der Waals surface area (Å²) in [5, 5.41) is 0.862. The van der Waals surface area contributed by atoms with Crippen molar-refractivity contribution in [2.45, 2.75) is 20.3 Å². The third kappa shape index (κ3) is 3.20. The fourth-order valence-corrected chi connectivity index (χ4v) is 2.12. The molecule has 16 heavy (non-hydrogen) atoms. The summed E-state index contributed by atoms with van der Waals surface area (Å²) in [7, 11) is 3.37. The summed E-state index contributed by atoms with van der Waals surface area (Å²) in [4.78, 5) is 18.1. The van der Waals surface area contributed by atoms with E-state index < -0.39 is 0 Å². The molecule has 0 fully saturated rings. The van der Waals surface area contributed by atoms with Crippen molar-refractivity contribution in [3.8, 4) is 0 Å². The molecule has 1 unspecified atom stereocenters. The summed E-state index contributed by atoms with van der Waals surface area (Å²) in [5.41, 5.74) is 0. The Labute approximate surface area is 100 Å². The third-order valence-electron chi connectivity index (χ3n) is 2.49. The molecular weight excluding hydrogens is 224 g/mol. The molecule has 0 spiro atoms. The molecule has 90 valence electrons. The van der Waals surface area contributed by atoms with Crippen LogP contribution in [0.15, 0.2) is 6.20 Å². The SMILES string of the molecule is CCC(C)CN(C)c1ncc(C(=O)OC)s1. The molecule has 5 heteroatoms. The molecule has 0 aromatic carbocycles. The van der Waals surface area contributed by atoms with Crippen molar-refractivity contribution < 1.29 is 9.53 Å². The smallest absolute Gasteiger partial charge is 0.349 e. The predicted molar refractivity (Wildman–Crippen MR) is 66.2 cm³/mol. The van der Waals surface area contributed by atoms with Gasteiger partial charge in [-0.05, 0) is 5.92 Å². The van der Waals surface area contributed by atoms with E-state index in [9.17, 15) is 4.79 Å². The maximum absolute atomic E-state index is 11.3. The Morgan fingerprint density at radius 2 is 2.38 bits per heavy atom. The van der Waals surface area contributed by atoms with Crippen molar-refractivity contribution >= 4 is 22.4 Å². The first-order valence-electron chi connectivity index (χ1n) is 5.33. The maximum atomic E-state index is 11.3. The molecule has 0 amide bonds. The number of nitrogens with zero attached hydrogens (tertiary/aromatic N) is 2. The fraction of sp³-hybridized carbons (Fsp3) is 0.636. The van der Waals surface area contributed by atoms with Crippen molar-refractivity contribution in [1.82, 2.24) is 4.98 Å². The highest BCUT2D eigenvalue weighted by atomic mass is 32.1. The second kappa shape index (κ2) is 5.84. The number of aromatic nitrogens is 1. The van der Waals surface area contributed by atoms with Gasteiger partial charge in [0.1, 0.15) is 4.88 Å². The van der Waals surface area contributed by atoms with Gasteiger partial charge in [0, 0.05) is 13.6 Å². The zero-order chi connectivity index (χ0) is 12.1. The van der Waals surface area contributed by atoms with Crippen LogP contribution in [0.5, 0.6) is 0 Å². The van der Waals surface area contributed by atoms with Gasteiger partial charge in [-0.15, -0.1) is 0 Å². The Morgan fingerprint density at radius 1 is 1.69 bits per heavy atom. The zero-order valence-electron chi connectivity index (χ0n) is 10.2. The van der Waals surface area contributed by atoms with Crippen LogP contribution in [0.4, 0.5) is 5.13 Å². The number of methoxy groups -OCH3 is 1. The van der Waals surface area contributed by atoms with Crippen molar-refractivity contribution in [2.75, 3.05) is 25.6 Å². The first-order valence-corrected chi connectivity index (χ1v) is 6.15. The number of rotatable bonds is 5. The van der Waals surface area contributed by atoms with Crippen molar-refractivity contribution in [2.24, 2.45) is 5.92 Å². The quantitative estimate of drug-likeness (QED) is 0.744. The number of carbonyl (C=O) groups excluding carboxylic acids is 1. The van der Waals surface area contributed by atoms with E-state index in [1.165, 1.54) is 18.4 Å². The highest BCUT2D eigenvalue weighted by Gasteiger charge is 2.14. The number of hydrogen-bond acceptors (Lipinski definition) is 5. The Morgan fingerprint density at radius 3 is 2.94 bits per heavy atom. The molecule has 0 aliphatic heterocycles. The highest BCUT2D eigenvalue weighted by molar-refractivity contribution is 7.17. The molecule has 1 rings (SSSR count). The summed E-state index contributed by atoms with van der Waals surface area (Å²) in [5.74, 6) is 0.302. The Kier molecular flexibility index (Phi) is 4.73. The molecule has 0 aliphatic rings. The maximum Gasteiger partial charge on any atom is 0.349 e. The molecular formula is C11H18N2O2S. The Balaban J connectivity index is 2.66. The van der Waals surface area contributed by atoms with Crippen molar-refractivity contribution in [1.29, 1.82) is 0 Å². The lowest BCUT2D eigenvalue weighted by atomic mass is 10.1. The molecule has 0 saturated heterocycles. The molecule has 0 saturated carbocycles. The van der Waals surface area contributed by atoms with Crippen LogP contribution in [0.25, 0.3) is 0 Å². The van der Waals surface area contributed by atoms with Gasteiger partial charge < -0.3 is 9.64 Å². The van der Waals surface area contributed by atoms with Crippen LogP contribution in [0.2, 0.25) is 0 Å². The monoisotopic (exact) mass is 242 g/mol. The predicted octanol–water partition coefficient (Wildman–Crippen LogP) is 2.41. The van der Waals surface area contributed by atoms with Gasteiger partial charge in [-0.3, -0.25) is 0 Å². The number of ether oxygens (including phenoxy) is 1. The van der Waals surface area contributed by atoms with Gasteiger partial charge in [0.05, 0.1) is 13.3 Å². The molecule has 0 N–H and O–H groups in total. The van der Waals surface area contributed by atoms with E-state index in [4.69, 9.17) is 0 Å². The van der Waals surface area contributed by atoms with E-state index in [0.29, 0.717) is 10.8 Å². The number of thiazole rings is 1. The molecule has 4 nitrogen and oxygen atoms in total. The summed E-state index contributed by atoms with van der Waals surface area (Å²) >= 11 is 1.37. The molecule has 1 heterocycles. The zero-order valence-corrected chi connectivity index (χ0v) is 11.0. The lowest BCUT2D eigenvalue weighted by molar-refractivity contribution is 0.0606. The molecule has 1 aromatic heterocycles. The Hall–Kier alpha value is -1.10.